The van der Waals surface area contributed by atoms with Gasteiger partial charge in [-0.1, -0.05) is 44.2 Å². The van der Waals surface area contributed by atoms with E-state index < -0.39 is 41.2 Å². The van der Waals surface area contributed by atoms with Gasteiger partial charge in [0.1, 0.15) is 16.9 Å². The second kappa shape index (κ2) is 10.3. The Labute approximate surface area is 194 Å². The number of ketones is 1. The number of nitrogens with one attached hydrogen (secondary N) is 1. The fourth-order valence-corrected chi connectivity index (χ4v) is 4.32. The van der Waals surface area contributed by atoms with Crippen molar-refractivity contribution in [2.24, 2.45) is 5.92 Å². The maximum Gasteiger partial charge on any atom is 0.408 e. The van der Waals surface area contributed by atoms with E-state index in [0.717, 1.165) is 25.7 Å². The van der Waals surface area contributed by atoms with Gasteiger partial charge in [-0.3, -0.25) is 4.79 Å². The number of rotatable bonds is 7. The third kappa shape index (κ3) is 6.73. The molecule has 3 rings (SSSR count). The zero-order chi connectivity index (χ0) is 24.2. The molecule has 0 aromatic heterocycles. The Balaban J connectivity index is 1.81. The number of hydrogen-bond acceptors (Lipinski definition) is 7. The van der Waals surface area contributed by atoms with E-state index in [1.165, 1.54) is 18.6 Å². The van der Waals surface area contributed by atoms with Crippen molar-refractivity contribution in [3.05, 3.63) is 41.2 Å². The number of hydrogen-bond donors (Lipinski definition) is 3. The van der Waals surface area contributed by atoms with Crippen molar-refractivity contribution in [2.75, 3.05) is 0 Å². The Morgan fingerprint density at radius 3 is 2.36 bits per heavy atom. The number of esters is 1. The second-order valence-corrected chi connectivity index (χ2v) is 9.83. The summed E-state index contributed by atoms with van der Waals surface area (Å²) in [5, 5.41) is 22.8. The van der Waals surface area contributed by atoms with Crippen LogP contribution in [0, 0.1) is 5.92 Å². The lowest BCUT2D eigenvalue weighted by atomic mass is 9.85. The highest BCUT2D eigenvalue weighted by Gasteiger charge is 2.42. The fraction of sp³-hybridized carbons (Fsp3) is 0.560. The number of carbonyl (C=O) groups is 3. The van der Waals surface area contributed by atoms with Crippen LogP contribution >= 0.6 is 0 Å². The van der Waals surface area contributed by atoms with Crippen LogP contribution < -0.4 is 5.32 Å². The summed E-state index contributed by atoms with van der Waals surface area (Å²) in [6.07, 6.45) is 4.28. The average molecular weight is 460 g/mol. The molecule has 0 bridgehead atoms. The number of cyclic esters (lactones) is 1. The number of Topliss-reactive ketones (excluding diaryl/α,β-unsaturated/α-hetero) is 1. The molecule has 1 aromatic rings. The van der Waals surface area contributed by atoms with E-state index in [9.17, 15) is 24.6 Å². The Bertz CT molecular complexity index is 908. The van der Waals surface area contributed by atoms with Crippen LogP contribution in [0.2, 0.25) is 0 Å². The van der Waals surface area contributed by atoms with Crippen molar-refractivity contribution < 1.29 is 34.1 Å². The molecule has 1 heterocycles. The van der Waals surface area contributed by atoms with Crippen molar-refractivity contribution >= 4 is 17.8 Å². The maximum absolute atomic E-state index is 13.3. The molecule has 1 aliphatic heterocycles. The molecular weight excluding hydrogens is 426 g/mol. The van der Waals surface area contributed by atoms with E-state index in [4.69, 9.17) is 9.47 Å². The molecule has 1 aliphatic carbocycles. The smallest absolute Gasteiger partial charge is 0.408 e. The molecule has 0 radical (unpaired) electrons. The van der Waals surface area contributed by atoms with Crippen molar-refractivity contribution in [3.63, 3.8) is 0 Å². The van der Waals surface area contributed by atoms with Gasteiger partial charge >= 0.3 is 12.1 Å². The Morgan fingerprint density at radius 1 is 1.12 bits per heavy atom. The molecular formula is C25H33NO7. The van der Waals surface area contributed by atoms with Crippen LogP contribution in [0.5, 0.6) is 5.75 Å². The lowest BCUT2D eigenvalue weighted by Gasteiger charge is -2.23. The highest BCUT2D eigenvalue weighted by Crippen LogP contribution is 2.33. The number of carbonyl (C=O) groups excluding carboxylic acids is 3. The van der Waals surface area contributed by atoms with Gasteiger partial charge in [-0.05, 0) is 50.8 Å². The van der Waals surface area contributed by atoms with Crippen LogP contribution in [0.15, 0.2) is 35.6 Å². The molecule has 8 nitrogen and oxygen atoms in total. The molecule has 180 valence electrons. The first-order valence-electron chi connectivity index (χ1n) is 11.5. The molecule has 3 N–H and O–H groups in total. The largest absolute Gasteiger partial charge is 0.508 e. The first kappa shape index (κ1) is 24.6. The van der Waals surface area contributed by atoms with Crippen LogP contribution in [-0.4, -0.2) is 45.8 Å². The van der Waals surface area contributed by atoms with Gasteiger partial charge in [0.05, 0.1) is 6.04 Å². The summed E-state index contributed by atoms with van der Waals surface area (Å²) in [5.74, 6) is -1.58. The zero-order valence-corrected chi connectivity index (χ0v) is 19.4. The van der Waals surface area contributed by atoms with E-state index >= 15 is 0 Å². The Kier molecular flexibility index (Phi) is 7.66. The molecule has 2 atom stereocenters. The minimum atomic E-state index is -1.16. The highest BCUT2D eigenvalue weighted by molar-refractivity contribution is 6.21. The third-order valence-corrected chi connectivity index (χ3v) is 5.92. The summed E-state index contributed by atoms with van der Waals surface area (Å²) in [6.45, 7) is 5.09. The molecule has 1 saturated carbocycles. The predicted octanol–water partition coefficient (Wildman–Crippen LogP) is 4.11. The average Bonchev–Trinajstić information content (AvgIpc) is 3.01. The summed E-state index contributed by atoms with van der Waals surface area (Å²) in [7, 11) is 0. The van der Waals surface area contributed by atoms with Crippen molar-refractivity contribution in [2.45, 2.75) is 83.5 Å². The van der Waals surface area contributed by atoms with E-state index in [1.54, 1.807) is 32.9 Å². The van der Waals surface area contributed by atoms with Gasteiger partial charge in [-0.25, -0.2) is 9.59 Å². The number of aromatic hydroxyl groups is 1. The van der Waals surface area contributed by atoms with Gasteiger partial charge in [0, 0.05) is 6.42 Å². The van der Waals surface area contributed by atoms with Gasteiger partial charge in [-0.15, -0.1) is 0 Å². The molecule has 0 spiro atoms. The SMILES string of the molecule is CC(C)(C)OC(=O)NC(Cc1ccc(O)cc1)C(=O)C1=C(O)C(CC2CCCCC2)OC1=O. The molecule has 1 aromatic carbocycles. The number of alkyl carbamates (subject to hydrolysis) is 1. The molecule has 8 heteroatoms. The van der Waals surface area contributed by atoms with E-state index in [1.807, 2.05) is 0 Å². The second-order valence-electron chi connectivity index (χ2n) is 9.83. The molecule has 2 unspecified atom stereocenters. The van der Waals surface area contributed by atoms with E-state index in [0.29, 0.717) is 17.9 Å². The predicted molar refractivity (Wildman–Crippen MR) is 121 cm³/mol. The number of aliphatic hydroxyl groups is 1. The summed E-state index contributed by atoms with van der Waals surface area (Å²) >= 11 is 0. The normalized spacial score (nSPS) is 20.3. The third-order valence-electron chi connectivity index (χ3n) is 5.92. The maximum atomic E-state index is 13.3. The number of ether oxygens (including phenoxy) is 2. The lowest BCUT2D eigenvalue weighted by molar-refractivity contribution is -0.142. The Hall–Kier alpha value is -3.03. The number of phenols is 1. The van der Waals surface area contributed by atoms with Crippen molar-refractivity contribution in [1.29, 1.82) is 0 Å². The molecule has 1 amide bonds. The van der Waals surface area contributed by atoms with Crippen LogP contribution in [0.1, 0.15) is 64.9 Å². The van der Waals surface area contributed by atoms with Gasteiger partial charge in [0.15, 0.2) is 17.6 Å². The van der Waals surface area contributed by atoms with Gasteiger partial charge in [-0.2, -0.15) is 0 Å². The number of benzene rings is 1. The number of amides is 1. The Morgan fingerprint density at radius 2 is 1.76 bits per heavy atom. The first-order chi connectivity index (χ1) is 15.5. The van der Waals surface area contributed by atoms with Crippen LogP contribution in [0.3, 0.4) is 0 Å². The highest BCUT2D eigenvalue weighted by atomic mass is 16.6. The summed E-state index contributed by atoms with van der Waals surface area (Å²) in [5.41, 5.74) is -0.558. The number of aliphatic hydroxyl groups excluding tert-OH is 1. The summed E-state index contributed by atoms with van der Waals surface area (Å²) < 4.78 is 10.6. The van der Waals surface area contributed by atoms with E-state index in [-0.39, 0.29) is 17.9 Å². The topological polar surface area (TPSA) is 122 Å². The fourth-order valence-electron chi connectivity index (χ4n) is 4.32. The molecule has 1 fully saturated rings. The number of phenolic OH excluding ortho intramolecular Hbond substituents is 1. The minimum Gasteiger partial charge on any atom is -0.508 e. The summed E-state index contributed by atoms with van der Waals surface area (Å²) in [4.78, 5) is 38.3. The molecule has 2 aliphatic rings. The van der Waals surface area contributed by atoms with Crippen LogP contribution in [-0.2, 0) is 25.5 Å². The lowest BCUT2D eigenvalue weighted by Crippen LogP contribution is -2.46. The van der Waals surface area contributed by atoms with Crippen molar-refractivity contribution in [1.82, 2.24) is 5.32 Å². The van der Waals surface area contributed by atoms with Crippen LogP contribution in [0.25, 0.3) is 0 Å². The standard InChI is InChI=1S/C25H33NO7/c1-25(2,3)33-24(31)26-18(13-16-9-11-17(27)12-10-16)21(28)20-22(29)19(32-23(20)30)14-15-7-5-4-6-8-15/h9-12,15,18-19,27,29H,4-8,13-14H2,1-3H3,(H,26,31). The first-order valence-corrected chi connectivity index (χ1v) is 11.5. The van der Waals surface area contributed by atoms with Crippen LogP contribution in [0.4, 0.5) is 4.79 Å². The zero-order valence-electron chi connectivity index (χ0n) is 19.4. The summed E-state index contributed by atoms with van der Waals surface area (Å²) in [6, 6.07) is 4.98. The molecule has 0 saturated heterocycles. The van der Waals surface area contributed by atoms with Gasteiger partial charge in [0.2, 0.25) is 0 Å². The quantitative estimate of drug-likeness (QED) is 0.414. The molecule has 33 heavy (non-hydrogen) atoms. The minimum absolute atomic E-state index is 0.0374. The monoisotopic (exact) mass is 459 g/mol. The van der Waals surface area contributed by atoms with Gasteiger partial charge < -0.3 is 25.0 Å². The van der Waals surface area contributed by atoms with E-state index in [2.05, 4.69) is 5.32 Å². The van der Waals surface area contributed by atoms with Gasteiger partial charge in [0.25, 0.3) is 0 Å². The van der Waals surface area contributed by atoms with Crippen molar-refractivity contribution in [3.8, 4) is 5.75 Å².